The van der Waals surface area contributed by atoms with Gasteiger partial charge in [0.2, 0.25) is 0 Å². The van der Waals surface area contributed by atoms with Gasteiger partial charge >= 0.3 is 0 Å². The number of rotatable bonds is 4. The Labute approximate surface area is 72.9 Å². The average Bonchev–Trinajstić information content (AvgIpc) is 2.06. The molecule has 4 heteroatoms. The predicted molar refractivity (Wildman–Crippen MR) is 46.2 cm³/mol. The standard InChI is InChI=1S/C8H16N2O2/c1-12-7-8(11)6-10-4-2-9-3-5-10/h9H,2-7H2,1H3. The van der Waals surface area contributed by atoms with Crippen LogP contribution in [0, 0.1) is 0 Å². The SMILES string of the molecule is COCC(=O)CN1CCNCC1. The summed E-state index contributed by atoms with van der Waals surface area (Å²) in [5.41, 5.74) is 0. The van der Waals surface area contributed by atoms with E-state index in [0.717, 1.165) is 26.2 Å². The van der Waals surface area contributed by atoms with Gasteiger partial charge in [0.1, 0.15) is 6.61 Å². The molecule has 1 fully saturated rings. The van der Waals surface area contributed by atoms with Crippen LogP contribution in [0.15, 0.2) is 0 Å². The van der Waals surface area contributed by atoms with Gasteiger partial charge in [0.05, 0.1) is 6.54 Å². The van der Waals surface area contributed by atoms with E-state index in [1.54, 1.807) is 7.11 Å². The number of carbonyl (C=O) groups is 1. The molecule has 12 heavy (non-hydrogen) atoms. The third-order valence-electron chi connectivity index (χ3n) is 1.91. The van der Waals surface area contributed by atoms with Crippen LogP contribution in [0.25, 0.3) is 0 Å². The van der Waals surface area contributed by atoms with Gasteiger partial charge in [-0.25, -0.2) is 0 Å². The van der Waals surface area contributed by atoms with Crippen molar-refractivity contribution in [2.24, 2.45) is 0 Å². The lowest BCUT2D eigenvalue weighted by Gasteiger charge is -2.26. The minimum absolute atomic E-state index is 0.166. The molecule has 0 aromatic rings. The van der Waals surface area contributed by atoms with E-state index in [-0.39, 0.29) is 12.4 Å². The number of nitrogens with zero attached hydrogens (tertiary/aromatic N) is 1. The van der Waals surface area contributed by atoms with Crippen LogP contribution < -0.4 is 5.32 Å². The lowest BCUT2D eigenvalue weighted by molar-refractivity contribution is -0.123. The van der Waals surface area contributed by atoms with Crippen molar-refractivity contribution in [1.29, 1.82) is 0 Å². The van der Waals surface area contributed by atoms with Crippen molar-refractivity contribution in [3.63, 3.8) is 0 Å². The summed E-state index contributed by atoms with van der Waals surface area (Å²) >= 11 is 0. The van der Waals surface area contributed by atoms with Crippen LogP contribution in [-0.2, 0) is 9.53 Å². The van der Waals surface area contributed by atoms with Gasteiger partial charge in [0, 0.05) is 33.3 Å². The smallest absolute Gasteiger partial charge is 0.172 e. The lowest BCUT2D eigenvalue weighted by Crippen LogP contribution is -2.45. The molecule has 0 aliphatic carbocycles. The monoisotopic (exact) mass is 172 g/mol. The maximum Gasteiger partial charge on any atom is 0.172 e. The Morgan fingerprint density at radius 1 is 1.50 bits per heavy atom. The number of hydrogen-bond acceptors (Lipinski definition) is 4. The molecule has 0 bridgehead atoms. The molecule has 4 nitrogen and oxygen atoms in total. The molecule has 1 rings (SSSR count). The minimum Gasteiger partial charge on any atom is -0.377 e. The fraction of sp³-hybridized carbons (Fsp3) is 0.875. The van der Waals surface area contributed by atoms with Crippen molar-refractivity contribution in [3.05, 3.63) is 0 Å². The van der Waals surface area contributed by atoms with Gasteiger partial charge in [-0.1, -0.05) is 0 Å². The Morgan fingerprint density at radius 2 is 2.17 bits per heavy atom. The molecule has 0 aromatic carbocycles. The normalized spacial score (nSPS) is 19.4. The Hall–Kier alpha value is -0.450. The Morgan fingerprint density at radius 3 is 2.75 bits per heavy atom. The molecule has 0 radical (unpaired) electrons. The molecule has 1 aliphatic rings. The zero-order valence-electron chi connectivity index (χ0n) is 7.51. The predicted octanol–water partition coefficient (Wildman–Crippen LogP) is -0.893. The zero-order valence-corrected chi connectivity index (χ0v) is 7.51. The van der Waals surface area contributed by atoms with E-state index in [9.17, 15) is 4.79 Å². The highest BCUT2D eigenvalue weighted by molar-refractivity contribution is 5.81. The third kappa shape index (κ3) is 3.30. The van der Waals surface area contributed by atoms with E-state index in [4.69, 9.17) is 4.74 Å². The summed E-state index contributed by atoms with van der Waals surface area (Å²) in [5, 5.41) is 3.24. The highest BCUT2D eigenvalue weighted by Crippen LogP contribution is 1.91. The second-order valence-corrected chi connectivity index (χ2v) is 3.00. The molecule has 1 heterocycles. The molecule has 0 atom stereocenters. The van der Waals surface area contributed by atoms with Crippen molar-refractivity contribution < 1.29 is 9.53 Å². The number of nitrogens with one attached hydrogen (secondary N) is 1. The average molecular weight is 172 g/mol. The summed E-state index contributed by atoms with van der Waals surface area (Å²) in [6, 6.07) is 0. The Balaban J connectivity index is 2.15. The number of hydrogen-bond donors (Lipinski definition) is 1. The van der Waals surface area contributed by atoms with Gasteiger partial charge in [0.15, 0.2) is 5.78 Å². The summed E-state index contributed by atoms with van der Waals surface area (Å²) in [5.74, 6) is 0.166. The summed E-state index contributed by atoms with van der Waals surface area (Å²) in [6.07, 6.45) is 0. The minimum atomic E-state index is 0.166. The molecular formula is C8H16N2O2. The number of piperazine rings is 1. The van der Waals surface area contributed by atoms with Gasteiger partial charge in [-0.2, -0.15) is 0 Å². The maximum atomic E-state index is 11.1. The van der Waals surface area contributed by atoms with Gasteiger partial charge in [-0.15, -0.1) is 0 Å². The van der Waals surface area contributed by atoms with Crippen LogP contribution >= 0.6 is 0 Å². The van der Waals surface area contributed by atoms with Gasteiger partial charge in [-0.3, -0.25) is 9.69 Å². The summed E-state index contributed by atoms with van der Waals surface area (Å²) < 4.78 is 4.75. The van der Waals surface area contributed by atoms with Crippen LogP contribution in [0.3, 0.4) is 0 Å². The fourth-order valence-electron chi connectivity index (χ4n) is 1.33. The van der Waals surface area contributed by atoms with Crippen molar-refractivity contribution >= 4 is 5.78 Å². The van der Waals surface area contributed by atoms with Crippen LogP contribution in [0.5, 0.6) is 0 Å². The molecule has 0 aromatic heterocycles. The molecule has 1 aliphatic heterocycles. The highest BCUT2D eigenvalue weighted by atomic mass is 16.5. The van der Waals surface area contributed by atoms with Crippen LogP contribution in [0.4, 0.5) is 0 Å². The van der Waals surface area contributed by atoms with Crippen molar-refractivity contribution in [2.75, 3.05) is 46.4 Å². The summed E-state index contributed by atoms with van der Waals surface area (Å²) in [4.78, 5) is 13.3. The molecular weight excluding hydrogens is 156 g/mol. The first-order valence-corrected chi connectivity index (χ1v) is 4.26. The summed E-state index contributed by atoms with van der Waals surface area (Å²) in [6.45, 7) is 4.69. The molecule has 0 unspecified atom stereocenters. The van der Waals surface area contributed by atoms with Crippen LogP contribution in [0.2, 0.25) is 0 Å². The van der Waals surface area contributed by atoms with Gasteiger partial charge in [-0.05, 0) is 0 Å². The van der Waals surface area contributed by atoms with E-state index < -0.39 is 0 Å². The van der Waals surface area contributed by atoms with Crippen molar-refractivity contribution in [3.8, 4) is 0 Å². The van der Waals surface area contributed by atoms with E-state index in [2.05, 4.69) is 10.2 Å². The van der Waals surface area contributed by atoms with Crippen LogP contribution in [-0.4, -0.2) is 57.1 Å². The first-order chi connectivity index (χ1) is 5.83. The Bertz CT molecular complexity index is 144. The quantitative estimate of drug-likeness (QED) is 0.597. The second kappa shape index (κ2) is 5.24. The second-order valence-electron chi connectivity index (χ2n) is 3.00. The highest BCUT2D eigenvalue weighted by Gasteiger charge is 2.12. The fourth-order valence-corrected chi connectivity index (χ4v) is 1.33. The first-order valence-electron chi connectivity index (χ1n) is 4.26. The molecule has 70 valence electrons. The molecule has 0 saturated carbocycles. The molecule has 1 saturated heterocycles. The van der Waals surface area contributed by atoms with Crippen LogP contribution in [0.1, 0.15) is 0 Å². The number of Topliss-reactive ketones (excluding diaryl/α,β-unsaturated/α-hetero) is 1. The topological polar surface area (TPSA) is 41.6 Å². The first kappa shape index (κ1) is 9.64. The Kier molecular flexibility index (Phi) is 4.21. The van der Waals surface area contributed by atoms with Crippen molar-refractivity contribution in [2.45, 2.75) is 0 Å². The summed E-state index contributed by atoms with van der Waals surface area (Å²) in [7, 11) is 1.55. The molecule has 0 amide bonds. The van der Waals surface area contributed by atoms with E-state index in [0.29, 0.717) is 6.54 Å². The third-order valence-corrected chi connectivity index (χ3v) is 1.91. The lowest BCUT2D eigenvalue weighted by atomic mass is 10.3. The van der Waals surface area contributed by atoms with Gasteiger partial charge in [0.25, 0.3) is 0 Å². The molecule has 1 N–H and O–H groups in total. The van der Waals surface area contributed by atoms with Gasteiger partial charge < -0.3 is 10.1 Å². The largest absolute Gasteiger partial charge is 0.377 e. The number of ketones is 1. The number of ether oxygens (including phenoxy) is 1. The van der Waals surface area contributed by atoms with E-state index >= 15 is 0 Å². The maximum absolute atomic E-state index is 11.1. The number of methoxy groups -OCH3 is 1. The molecule has 0 spiro atoms. The zero-order chi connectivity index (χ0) is 8.81. The van der Waals surface area contributed by atoms with Crippen molar-refractivity contribution in [1.82, 2.24) is 10.2 Å². The number of carbonyl (C=O) groups excluding carboxylic acids is 1. The van der Waals surface area contributed by atoms with E-state index in [1.807, 2.05) is 0 Å². The van der Waals surface area contributed by atoms with E-state index in [1.165, 1.54) is 0 Å².